The standard InChI is InChI=1S/C27H22N2O4/c1-19-9-11-20(12-10-19)26(30)29-25(18-24-8-5-17-32-24)27(31)28-21-13-15-23(16-14-21)33-22-6-3-2-4-7-22/h2-18H,1H3,(H,28,31)(H,29,30)/b25-18-. The van der Waals surface area contributed by atoms with E-state index in [-0.39, 0.29) is 5.70 Å². The molecule has 33 heavy (non-hydrogen) atoms. The summed E-state index contributed by atoms with van der Waals surface area (Å²) in [6, 6.07) is 26.9. The van der Waals surface area contributed by atoms with Crippen molar-refractivity contribution in [3.05, 3.63) is 120 Å². The van der Waals surface area contributed by atoms with Gasteiger partial charge in [0.25, 0.3) is 11.8 Å². The predicted octanol–water partition coefficient (Wildman–Crippen LogP) is 5.79. The summed E-state index contributed by atoms with van der Waals surface area (Å²) >= 11 is 0. The van der Waals surface area contributed by atoms with Crippen LogP contribution in [0.4, 0.5) is 5.69 Å². The minimum absolute atomic E-state index is 0.0557. The number of benzene rings is 3. The van der Waals surface area contributed by atoms with Gasteiger partial charge in [-0.1, -0.05) is 35.9 Å². The van der Waals surface area contributed by atoms with E-state index in [4.69, 9.17) is 9.15 Å². The number of amides is 2. The van der Waals surface area contributed by atoms with Crippen molar-refractivity contribution in [1.82, 2.24) is 5.32 Å². The van der Waals surface area contributed by atoms with E-state index in [0.717, 1.165) is 11.3 Å². The molecule has 0 aliphatic rings. The third-order valence-corrected chi connectivity index (χ3v) is 4.73. The van der Waals surface area contributed by atoms with Crippen LogP contribution in [0.3, 0.4) is 0 Å². The van der Waals surface area contributed by atoms with Crippen molar-refractivity contribution in [3.63, 3.8) is 0 Å². The monoisotopic (exact) mass is 438 g/mol. The van der Waals surface area contributed by atoms with Gasteiger partial charge in [0.1, 0.15) is 23.0 Å². The fraction of sp³-hybridized carbons (Fsp3) is 0.0370. The van der Waals surface area contributed by atoms with E-state index in [1.165, 1.54) is 12.3 Å². The second kappa shape index (κ2) is 10.2. The van der Waals surface area contributed by atoms with Gasteiger partial charge < -0.3 is 19.8 Å². The van der Waals surface area contributed by atoms with E-state index in [1.807, 2.05) is 49.4 Å². The Balaban J connectivity index is 1.48. The Morgan fingerprint density at radius 2 is 1.52 bits per heavy atom. The van der Waals surface area contributed by atoms with Crippen LogP contribution in [0.5, 0.6) is 11.5 Å². The summed E-state index contributed by atoms with van der Waals surface area (Å²) in [5.74, 6) is 0.920. The Morgan fingerprint density at radius 1 is 0.818 bits per heavy atom. The quantitative estimate of drug-likeness (QED) is 0.358. The Hall–Kier alpha value is -4.58. The first-order chi connectivity index (χ1) is 16.1. The molecule has 0 fully saturated rings. The van der Waals surface area contributed by atoms with Crippen LogP contribution in [0.25, 0.3) is 6.08 Å². The number of ether oxygens (including phenoxy) is 1. The molecule has 6 heteroatoms. The first kappa shape index (κ1) is 21.6. The molecule has 2 amide bonds. The Labute approximate surface area is 191 Å². The maximum atomic E-state index is 13.0. The lowest BCUT2D eigenvalue weighted by atomic mass is 10.1. The van der Waals surface area contributed by atoms with E-state index in [0.29, 0.717) is 22.8 Å². The Morgan fingerprint density at radius 3 is 2.18 bits per heavy atom. The predicted molar refractivity (Wildman–Crippen MR) is 127 cm³/mol. The molecule has 4 aromatic rings. The fourth-order valence-corrected chi connectivity index (χ4v) is 3.00. The van der Waals surface area contributed by atoms with Crippen molar-refractivity contribution in [2.45, 2.75) is 6.92 Å². The van der Waals surface area contributed by atoms with Crippen molar-refractivity contribution in [1.29, 1.82) is 0 Å². The molecular weight excluding hydrogens is 416 g/mol. The van der Waals surface area contributed by atoms with E-state index in [2.05, 4.69) is 10.6 Å². The number of para-hydroxylation sites is 1. The molecule has 0 saturated heterocycles. The van der Waals surface area contributed by atoms with Crippen molar-refractivity contribution >= 4 is 23.6 Å². The summed E-state index contributed by atoms with van der Waals surface area (Å²) in [5.41, 5.74) is 2.09. The molecule has 1 heterocycles. The lowest BCUT2D eigenvalue weighted by Crippen LogP contribution is -2.30. The molecule has 164 valence electrons. The van der Waals surface area contributed by atoms with Gasteiger partial charge in [-0.15, -0.1) is 0 Å². The van der Waals surface area contributed by atoms with E-state index < -0.39 is 11.8 Å². The van der Waals surface area contributed by atoms with Gasteiger partial charge in [-0.2, -0.15) is 0 Å². The summed E-state index contributed by atoms with van der Waals surface area (Å²) in [5, 5.41) is 5.47. The number of furan rings is 1. The van der Waals surface area contributed by atoms with Gasteiger partial charge in [0, 0.05) is 17.3 Å². The third kappa shape index (κ3) is 5.98. The van der Waals surface area contributed by atoms with Gasteiger partial charge in [-0.05, 0) is 67.6 Å². The summed E-state index contributed by atoms with van der Waals surface area (Å²) in [6.07, 6.45) is 2.98. The first-order valence-electron chi connectivity index (χ1n) is 10.3. The second-order valence-corrected chi connectivity index (χ2v) is 7.29. The van der Waals surface area contributed by atoms with Gasteiger partial charge in [0.05, 0.1) is 6.26 Å². The molecule has 0 saturated carbocycles. The highest BCUT2D eigenvalue weighted by atomic mass is 16.5. The maximum absolute atomic E-state index is 13.0. The van der Waals surface area contributed by atoms with Crippen molar-refractivity contribution < 1.29 is 18.7 Å². The molecule has 1 aromatic heterocycles. The molecular formula is C27H22N2O4. The molecule has 0 aliphatic heterocycles. The molecule has 0 atom stereocenters. The highest BCUT2D eigenvalue weighted by Gasteiger charge is 2.16. The zero-order valence-corrected chi connectivity index (χ0v) is 17.9. The van der Waals surface area contributed by atoms with Crippen molar-refractivity contribution in [2.75, 3.05) is 5.32 Å². The molecule has 0 radical (unpaired) electrons. The minimum Gasteiger partial charge on any atom is -0.465 e. The van der Waals surface area contributed by atoms with E-state index in [9.17, 15) is 9.59 Å². The topological polar surface area (TPSA) is 80.6 Å². The molecule has 6 nitrogen and oxygen atoms in total. The third-order valence-electron chi connectivity index (χ3n) is 4.73. The fourth-order valence-electron chi connectivity index (χ4n) is 3.00. The summed E-state index contributed by atoms with van der Waals surface area (Å²) in [4.78, 5) is 25.7. The number of rotatable bonds is 7. The highest BCUT2D eigenvalue weighted by molar-refractivity contribution is 6.10. The van der Waals surface area contributed by atoms with Gasteiger partial charge in [0.2, 0.25) is 0 Å². The lowest BCUT2D eigenvalue weighted by molar-refractivity contribution is -0.113. The highest BCUT2D eigenvalue weighted by Crippen LogP contribution is 2.23. The van der Waals surface area contributed by atoms with Crippen LogP contribution in [0, 0.1) is 6.92 Å². The molecule has 0 spiro atoms. The van der Waals surface area contributed by atoms with Gasteiger partial charge in [-0.3, -0.25) is 9.59 Å². The lowest BCUT2D eigenvalue weighted by Gasteiger charge is -2.12. The molecule has 2 N–H and O–H groups in total. The molecule has 0 aliphatic carbocycles. The van der Waals surface area contributed by atoms with E-state index in [1.54, 1.807) is 48.5 Å². The smallest absolute Gasteiger partial charge is 0.272 e. The summed E-state index contributed by atoms with van der Waals surface area (Å²) < 4.78 is 11.1. The number of carbonyl (C=O) groups excluding carboxylic acids is 2. The molecule has 0 bridgehead atoms. The summed E-state index contributed by atoms with van der Waals surface area (Å²) in [7, 11) is 0. The number of nitrogens with one attached hydrogen (secondary N) is 2. The maximum Gasteiger partial charge on any atom is 0.272 e. The largest absolute Gasteiger partial charge is 0.465 e. The molecule has 3 aromatic carbocycles. The van der Waals surface area contributed by atoms with Crippen molar-refractivity contribution in [3.8, 4) is 11.5 Å². The SMILES string of the molecule is Cc1ccc(C(=O)N/C(=C\c2ccco2)C(=O)Nc2ccc(Oc3ccccc3)cc2)cc1. The van der Waals surface area contributed by atoms with Crippen LogP contribution in [0.15, 0.2) is 107 Å². The van der Waals surface area contributed by atoms with Gasteiger partial charge in [0.15, 0.2) is 0 Å². The zero-order valence-electron chi connectivity index (χ0n) is 17.9. The number of hydrogen-bond acceptors (Lipinski definition) is 4. The normalized spacial score (nSPS) is 11.0. The number of carbonyl (C=O) groups is 2. The average molecular weight is 438 g/mol. The number of aryl methyl sites for hydroxylation is 1. The van der Waals surface area contributed by atoms with Gasteiger partial charge >= 0.3 is 0 Å². The van der Waals surface area contributed by atoms with Crippen LogP contribution in [-0.4, -0.2) is 11.8 Å². The number of anilines is 1. The van der Waals surface area contributed by atoms with Gasteiger partial charge in [-0.25, -0.2) is 0 Å². The molecule has 4 rings (SSSR count). The second-order valence-electron chi connectivity index (χ2n) is 7.29. The molecule has 0 unspecified atom stereocenters. The van der Waals surface area contributed by atoms with Crippen LogP contribution in [-0.2, 0) is 4.79 Å². The number of hydrogen-bond donors (Lipinski definition) is 2. The minimum atomic E-state index is -0.483. The summed E-state index contributed by atoms with van der Waals surface area (Å²) in [6.45, 7) is 1.94. The zero-order chi connectivity index (χ0) is 23.0. The Bertz CT molecular complexity index is 1240. The van der Waals surface area contributed by atoms with Crippen LogP contribution in [0.1, 0.15) is 21.7 Å². The Kier molecular flexibility index (Phi) is 6.66. The first-order valence-corrected chi connectivity index (χ1v) is 10.3. The average Bonchev–Trinajstić information content (AvgIpc) is 3.34. The van der Waals surface area contributed by atoms with Crippen LogP contribution in [0.2, 0.25) is 0 Å². The van der Waals surface area contributed by atoms with Crippen LogP contribution < -0.4 is 15.4 Å². The van der Waals surface area contributed by atoms with Crippen molar-refractivity contribution in [2.24, 2.45) is 0 Å². The van der Waals surface area contributed by atoms with Crippen LogP contribution >= 0.6 is 0 Å². The van der Waals surface area contributed by atoms with E-state index >= 15 is 0 Å².